The molecule has 1 spiro atoms. The highest BCUT2D eigenvalue weighted by Gasteiger charge is 2.51. The van der Waals surface area contributed by atoms with Crippen LogP contribution in [0, 0.1) is 35.5 Å². The molecule has 12 amide bonds. The fraction of sp³-hybridized carbons (Fsp3) is 0.829. The number of rotatable bonds is 12. The van der Waals surface area contributed by atoms with Gasteiger partial charge in [-0.25, -0.2) is 0 Å². The van der Waals surface area contributed by atoms with Crippen molar-refractivity contribution < 1.29 is 70.7 Å². The van der Waals surface area contributed by atoms with Gasteiger partial charge in [0.25, 0.3) is 0 Å². The van der Waals surface area contributed by atoms with E-state index in [0.29, 0.717) is 32.1 Å². The maximum Gasteiger partial charge on any atom is 0.393 e. The molecule has 5 aliphatic rings. The summed E-state index contributed by atoms with van der Waals surface area (Å²) in [4.78, 5) is 188. The maximum atomic E-state index is 15.7. The molecule has 1 heterocycles. The first-order valence-electron chi connectivity index (χ1n) is 35.9. The van der Waals surface area contributed by atoms with Crippen LogP contribution in [0.2, 0.25) is 0 Å². The minimum atomic E-state index is -4.53. The molecule has 24 nitrogen and oxygen atoms in total. The van der Waals surface area contributed by atoms with Gasteiger partial charge >= 0.3 is 6.18 Å². The lowest BCUT2D eigenvalue weighted by Gasteiger charge is -2.42. The summed E-state index contributed by atoms with van der Waals surface area (Å²) in [7, 11) is 12.6. The Morgan fingerprint density at radius 2 is 1.20 bits per heavy atom. The van der Waals surface area contributed by atoms with Crippen LogP contribution >= 0.6 is 23.2 Å². The van der Waals surface area contributed by atoms with Crippen molar-refractivity contribution in [1.82, 2.24) is 60.0 Å². The van der Waals surface area contributed by atoms with Crippen molar-refractivity contribution in [3.8, 4) is 0 Å². The van der Waals surface area contributed by atoms with Crippen LogP contribution in [0.3, 0.4) is 0 Å². The molecule has 4 saturated carbocycles. The van der Waals surface area contributed by atoms with E-state index in [-0.39, 0.29) is 76.2 Å². The zero-order valence-corrected chi connectivity index (χ0v) is 62.9. The van der Waals surface area contributed by atoms with Crippen molar-refractivity contribution >= 4 is 94.1 Å². The number of likely N-dealkylation sites (N-methyl/N-ethyl adjacent to an activating group) is 9. The highest BCUT2D eigenvalue weighted by molar-refractivity contribution is 6.21. The predicted molar refractivity (Wildman–Crippen MR) is 370 cm³/mol. The molecule has 0 bridgehead atoms. The largest absolute Gasteiger partial charge is 0.393 e. The third kappa shape index (κ3) is 21.8. The Morgan fingerprint density at radius 1 is 0.606 bits per heavy atom. The van der Waals surface area contributed by atoms with Crippen LogP contribution in [0.4, 0.5) is 13.2 Å². The fourth-order valence-corrected chi connectivity index (χ4v) is 16.1. The van der Waals surface area contributed by atoms with Crippen molar-refractivity contribution in [2.45, 2.75) is 248 Å². The molecule has 0 radical (unpaired) electrons. The van der Waals surface area contributed by atoms with Crippen molar-refractivity contribution in [2.75, 3.05) is 89.6 Å². The van der Waals surface area contributed by atoms with Crippen molar-refractivity contribution in [3.05, 3.63) is 0 Å². The molecule has 5 unspecified atom stereocenters. The molecule has 1 aliphatic heterocycles. The third-order valence-electron chi connectivity index (χ3n) is 22.1. The quantitative estimate of drug-likeness (QED) is 0.189. The summed E-state index contributed by atoms with van der Waals surface area (Å²) in [6.07, 6.45) is 3.81. The molecule has 13 atom stereocenters. The van der Waals surface area contributed by atoms with Gasteiger partial charge < -0.3 is 60.0 Å². The van der Waals surface area contributed by atoms with Crippen LogP contribution in [-0.4, -0.2) is 269 Å². The summed E-state index contributed by atoms with van der Waals surface area (Å²) in [5.41, 5.74) is -1.64. The van der Waals surface area contributed by atoms with E-state index < -0.39 is 185 Å². The topological polar surface area (TPSA) is 270 Å². The Balaban J connectivity index is 1.64. The SMILES string of the molecule is CC[C@H](C)[C@@H]1NC(=O)[C@H](C)N(C)C(=O)C[C@@H](C(=O)N(C)C)N(C)C(=O)[C@H](C(C)C)N(C)C(=O)C2(CCCC2)NC(=O)[C@H](CC2CCCCC2Cl)N(CC)C(=O)[C@H](CCC2CCC(C(F)(F)F)C(Cl)C2)NC(=O)CN(C)C(=O)[C@H](CC2CCCCC2)N(C)C(=O)CN(C)C(=O)CN(C)C1=O. The standard InChI is InChI=1S/C70H115Cl2F3N12O12/c1-16-43(5)59-66(97)82(11)40-57(90)80(9)41-58(91)84(13)53(36-45-25-19-18-20-26-45)65(96)81(10)39-55(88)76-51(32-30-46-29-31-48(50(72)35-46)70(73,74)75)63(94)87(17-2)52(37-47-27-21-22-28-49(47)71)62(93)78-69(33-23-24-34-69)68(99)86(15)60(42(3)4)67(98)85(14)54(64(95)79(7)8)38-56(89)83(12)44(6)61(92)77-59/h42-54,59-60H,16-41H2,1-15H3,(H,76,88)(H,77,92)(H,78,93)/t43-,44-,46?,47?,48?,49?,50?,51-,52-,53-,54-,59-,60-/m0/s1. The number of carbonyl (C=O) groups is 12. The van der Waals surface area contributed by atoms with Crippen LogP contribution in [0.15, 0.2) is 0 Å². The second-order valence-electron chi connectivity index (χ2n) is 29.7. The van der Waals surface area contributed by atoms with E-state index in [0.717, 1.165) is 69.4 Å². The number of amides is 12. The van der Waals surface area contributed by atoms with Gasteiger partial charge in [0.2, 0.25) is 70.9 Å². The third-order valence-corrected chi connectivity index (χ3v) is 23.1. The average molecular weight is 1440 g/mol. The van der Waals surface area contributed by atoms with E-state index in [1.54, 1.807) is 34.6 Å². The Morgan fingerprint density at radius 3 is 1.77 bits per heavy atom. The van der Waals surface area contributed by atoms with Crippen LogP contribution in [-0.2, 0) is 57.5 Å². The molecular formula is C70H115Cl2F3N12O12. The lowest BCUT2D eigenvalue weighted by Crippen LogP contribution is -2.65. The van der Waals surface area contributed by atoms with Crippen molar-refractivity contribution in [2.24, 2.45) is 35.5 Å². The zero-order chi connectivity index (χ0) is 74.3. The fourth-order valence-electron chi connectivity index (χ4n) is 15.2. The second kappa shape index (κ2) is 37.3. The van der Waals surface area contributed by atoms with Gasteiger partial charge in [0.05, 0.1) is 32.0 Å². The van der Waals surface area contributed by atoms with Crippen molar-refractivity contribution in [1.29, 1.82) is 0 Å². The summed E-state index contributed by atoms with van der Waals surface area (Å²) in [5.74, 6) is -11.8. The number of nitrogens with zero attached hydrogens (tertiary/aromatic N) is 9. The van der Waals surface area contributed by atoms with Gasteiger partial charge in [0.1, 0.15) is 47.8 Å². The first-order valence-corrected chi connectivity index (χ1v) is 36.8. The van der Waals surface area contributed by atoms with Gasteiger partial charge in [-0.15, -0.1) is 23.2 Å². The molecule has 29 heteroatoms. The summed E-state index contributed by atoms with van der Waals surface area (Å²) in [6.45, 7) is 8.27. The molecule has 5 rings (SSSR count). The van der Waals surface area contributed by atoms with E-state index in [4.69, 9.17) is 23.2 Å². The lowest BCUT2D eigenvalue weighted by atomic mass is 9.78. The number of hydrogen-bond acceptors (Lipinski definition) is 12. The van der Waals surface area contributed by atoms with Gasteiger partial charge in [0.15, 0.2) is 0 Å². The molecule has 3 N–H and O–H groups in total. The van der Waals surface area contributed by atoms with E-state index in [9.17, 15) is 51.5 Å². The van der Waals surface area contributed by atoms with Crippen LogP contribution in [0.25, 0.3) is 0 Å². The number of halogens is 5. The number of alkyl halides is 5. The smallest absolute Gasteiger partial charge is 0.347 e. The van der Waals surface area contributed by atoms with E-state index in [1.165, 1.54) is 90.0 Å². The molecule has 562 valence electrons. The Labute approximate surface area is 594 Å². The molecule has 99 heavy (non-hydrogen) atoms. The molecule has 1 saturated heterocycles. The second-order valence-corrected chi connectivity index (χ2v) is 30.8. The maximum absolute atomic E-state index is 15.7. The van der Waals surface area contributed by atoms with Gasteiger partial charge in [-0.2, -0.15) is 13.2 Å². The monoisotopic (exact) mass is 1440 g/mol. The van der Waals surface area contributed by atoms with Crippen LogP contribution in [0.1, 0.15) is 183 Å². The molecule has 4 aliphatic carbocycles. The van der Waals surface area contributed by atoms with E-state index >= 15 is 19.2 Å². The molecule has 0 aromatic carbocycles. The minimum Gasteiger partial charge on any atom is -0.347 e. The van der Waals surface area contributed by atoms with Gasteiger partial charge in [-0.3, -0.25) is 57.5 Å². The van der Waals surface area contributed by atoms with Gasteiger partial charge in [-0.05, 0) is 114 Å². The molecular weight excluding hydrogens is 1330 g/mol. The molecule has 0 aromatic heterocycles. The predicted octanol–water partition coefficient (Wildman–Crippen LogP) is 6.02. The Bertz CT molecular complexity index is 2850. The first kappa shape index (κ1) is 83.7. The first-order chi connectivity index (χ1) is 46.3. The van der Waals surface area contributed by atoms with Crippen LogP contribution in [0.5, 0.6) is 0 Å². The molecule has 5 fully saturated rings. The number of carbonyl (C=O) groups excluding carboxylic acids is 12. The van der Waals surface area contributed by atoms with E-state index in [2.05, 4.69) is 16.0 Å². The Kier molecular flexibility index (Phi) is 31.5. The highest BCUT2D eigenvalue weighted by atomic mass is 35.5. The number of nitrogens with one attached hydrogen (secondary N) is 3. The van der Waals surface area contributed by atoms with Gasteiger partial charge in [-0.1, -0.05) is 91.9 Å². The normalized spacial score (nSPS) is 30.1. The molecule has 0 aromatic rings. The average Bonchev–Trinajstić information content (AvgIpc) is 1.74. The zero-order valence-electron chi connectivity index (χ0n) is 61.4. The Hall–Kier alpha value is -5.99. The summed E-state index contributed by atoms with van der Waals surface area (Å²) in [6, 6.07) is -9.06. The highest BCUT2D eigenvalue weighted by Crippen LogP contribution is 2.44. The summed E-state index contributed by atoms with van der Waals surface area (Å²) in [5, 5.41) is 7.09. The van der Waals surface area contributed by atoms with Crippen molar-refractivity contribution in [3.63, 3.8) is 0 Å². The minimum absolute atomic E-state index is 0.0170. The lowest BCUT2D eigenvalue weighted by molar-refractivity contribution is -0.182. The summed E-state index contributed by atoms with van der Waals surface area (Å²) >= 11 is 13.5. The summed E-state index contributed by atoms with van der Waals surface area (Å²) < 4.78 is 42.3. The number of hydrogen-bond donors (Lipinski definition) is 3. The van der Waals surface area contributed by atoms with E-state index in [1.807, 2.05) is 0 Å². The van der Waals surface area contributed by atoms with Gasteiger partial charge in [0, 0.05) is 80.7 Å². The van der Waals surface area contributed by atoms with Crippen LogP contribution < -0.4 is 16.0 Å².